The van der Waals surface area contributed by atoms with E-state index in [1.54, 1.807) is 7.11 Å². The molecule has 0 aliphatic carbocycles. The van der Waals surface area contributed by atoms with Crippen molar-refractivity contribution < 1.29 is 9.84 Å². The molecule has 0 amide bonds. The fraction of sp³-hybridized carbons (Fsp3) is 0.625. The van der Waals surface area contributed by atoms with Gasteiger partial charge in [0.05, 0.1) is 19.8 Å². The molecule has 0 spiro atoms. The zero-order valence-electron chi connectivity index (χ0n) is 12.7. The van der Waals surface area contributed by atoms with Crippen LogP contribution in [0, 0.1) is 0 Å². The van der Waals surface area contributed by atoms with E-state index in [-0.39, 0.29) is 12.6 Å². The predicted octanol–water partition coefficient (Wildman–Crippen LogP) is 1.76. The fourth-order valence-corrected chi connectivity index (χ4v) is 2.78. The van der Waals surface area contributed by atoms with Gasteiger partial charge in [0.15, 0.2) is 0 Å². The van der Waals surface area contributed by atoms with Crippen LogP contribution in [-0.4, -0.2) is 49.9 Å². The molecular formula is C16H26N2O2. The summed E-state index contributed by atoms with van der Waals surface area (Å²) in [5, 5.41) is 13.2. The predicted molar refractivity (Wildman–Crippen MR) is 81.4 cm³/mol. The van der Waals surface area contributed by atoms with Gasteiger partial charge in [-0.3, -0.25) is 4.90 Å². The number of hydrogen-bond acceptors (Lipinski definition) is 4. The second kappa shape index (κ2) is 7.07. The normalized spacial score (nSPS) is 18.2. The maximum Gasteiger partial charge on any atom is 0.123 e. The average molecular weight is 278 g/mol. The van der Waals surface area contributed by atoms with Gasteiger partial charge in [-0.1, -0.05) is 26.0 Å². The van der Waals surface area contributed by atoms with Crippen molar-refractivity contribution >= 4 is 0 Å². The molecule has 4 nitrogen and oxygen atoms in total. The van der Waals surface area contributed by atoms with Gasteiger partial charge >= 0.3 is 0 Å². The maximum atomic E-state index is 9.86. The minimum atomic E-state index is 0.0192. The first-order valence-corrected chi connectivity index (χ1v) is 7.40. The molecule has 0 radical (unpaired) electrons. The van der Waals surface area contributed by atoms with Crippen LogP contribution < -0.4 is 10.1 Å². The number of hydrogen-bond donors (Lipinski definition) is 2. The van der Waals surface area contributed by atoms with Crippen LogP contribution in [0.25, 0.3) is 0 Å². The number of methoxy groups -OCH3 is 1. The largest absolute Gasteiger partial charge is 0.496 e. The average Bonchev–Trinajstić information content (AvgIpc) is 2.49. The van der Waals surface area contributed by atoms with Crippen molar-refractivity contribution in [1.82, 2.24) is 10.2 Å². The molecule has 1 aliphatic rings. The lowest BCUT2D eigenvalue weighted by atomic mass is 9.96. The van der Waals surface area contributed by atoms with Crippen molar-refractivity contribution in [2.75, 3.05) is 39.9 Å². The summed E-state index contributed by atoms with van der Waals surface area (Å²) in [7, 11) is 1.69. The summed E-state index contributed by atoms with van der Waals surface area (Å²) < 4.78 is 5.50. The summed E-state index contributed by atoms with van der Waals surface area (Å²) in [5.41, 5.74) is 2.39. The standard InChI is InChI=1S/C16H26N2O2/c1-12(2)13-4-5-16(20-3)14(10-13)15(11-19)18-8-6-17-7-9-18/h4-5,10,12,15,17,19H,6-9,11H2,1-3H3/t15-/m1/s1. The number of benzene rings is 1. The Morgan fingerprint density at radius 1 is 1.30 bits per heavy atom. The lowest BCUT2D eigenvalue weighted by molar-refractivity contribution is 0.109. The zero-order chi connectivity index (χ0) is 14.5. The van der Waals surface area contributed by atoms with E-state index >= 15 is 0 Å². The molecule has 0 saturated carbocycles. The van der Waals surface area contributed by atoms with Crippen molar-refractivity contribution in [2.45, 2.75) is 25.8 Å². The molecule has 1 atom stereocenters. The second-order valence-electron chi connectivity index (χ2n) is 5.64. The van der Waals surface area contributed by atoms with Crippen molar-refractivity contribution in [1.29, 1.82) is 0 Å². The van der Waals surface area contributed by atoms with Crippen LogP contribution in [0.4, 0.5) is 0 Å². The van der Waals surface area contributed by atoms with Crippen LogP contribution in [0.3, 0.4) is 0 Å². The van der Waals surface area contributed by atoms with Crippen LogP contribution in [0.5, 0.6) is 5.75 Å². The Balaban J connectivity index is 2.32. The Morgan fingerprint density at radius 3 is 2.55 bits per heavy atom. The van der Waals surface area contributed by atoms with Gasteiger partial charge < -0.3 is 15.2 Å². The molecule has 112 valence electrons. The zero-order valence-corrected chi connectivity index (χ0v) is 12.7. The van der Waals surface area contributed by atoms with Gasteiger partial charge in [0.2, 0.25) is 0 Å². The number of nitrogens with one attached hydrogen (secondary N) is 1. The van der Waals surface area contributed by atoms with E-state index in [0.29, 0.717) is 5.92 Å². The van der Waals surface area contributed by atoms with Crippen molar-refractivity contribution in [3.63, 3.8) is 0 Å². The maximum absolute atomic E-state index is 9.86. The van der Waals surface area contributed by atoms with Crippen LogP contribution in [-0.2, 0) is 0 Å². The Kier molecular flexibility index (Phi) is 5.40. The highest BCUT2D eigenvalue weighted by molar-refractivity contribution is 5.40. The van der Waals surface area contributed by atoms with Crippen molar-refractivity contribution in [2.24, 2.45) is 0 Å². The molecule has 1 aromatic rings. The lowest BCUT2D eigenvalue weighted by Crippen LogP contribution is -2.46. The quantitative estimate of drug-likeness (QED) is 0.861. The molecule has 1 aliphatic heterocycles. The summed E-state index contributed by atoms with van der Waals surface area (Å²) in [6, 6.07) is 6.34. The number of piperazine rings is 1. The summed E-state index contributed by atoms with van der Waals surface area (Å²) in [5.74, 6) is 1.34. The highest BCUT2D eigenvalue weighted by Gasteiger charge is 2.24. The summed E-state index contributed by atoms with van der Waals surface area (Å²) >= 11 is 0. The van der Waals surface area contributed by atoms with Gasteiger partial charge in [-0.15, -0.1) is 0 Å². The van der Waals surface area contributed by atoms with E-state index < -0.39 is 0 Å². The Hall–Kier alpha value is -1.10. The molecule has 20 heavy (non-hydrogen) atoms. The summed E-state index contributed by atoms with van der Waals surface area (Å²) in [4.78, 5) is 2.33. The molecule has 2 N–H and O–H groups in total. The topological polar surface area (TPSA) is 44.7 Å². The van der Waals surface area contributed by atoms with E-state index in [1.165, 1.54) is 5.56 Å². The molecule has 1 heterocycles. The fourth-order valence-electron chi connectivity index (χ4n) is 2.78. The molecule has 4 heteroatoms. The first-order valence-electron chi connectivity index (χ1n) is 7.40. The number of ether oxygens (including phenoxy) is 1. The van der Waals surface area contributed by atoms with E-state index in [2.05, 4.69) is 36.2 Å². The third-order valence-corrected chi connectivity index (χ3v) is 4.04. The molecule has 0 bridgehead atoms. The minimum Gasteiger partial charge on any atom is -0.496 e. The first kappa shape index (κ1) is 15.3. The smallest absolute Gasteiger partial charge is 0.123 e. The monoisotopic (exact) mass is 278 g/mol. The van der Waals surface area contributed by atoms with Crippen molar-refractivity contribution in [3.05, 3.63) is 29.3 Å². The highest BCUT2D eigenvalue weighted by atomic mass is 16.5. The highest BCUT2D eigenvalue weighted by Crippen LogP contribution is 2.32. The number of aliphatic hydroxyl groups excluding tert-OH is 1. The summed E-state index contributed by atoms with van der Waals surface area (Å²) in [6.07, 6.45) is 0. The first-order chi connectivity index (χ1) is 9.67. The van der Waals surface area contributed by atoms with Gasteiger partial charge in [-0.2, -0.15) is 0 Å². The summed E-state index contributed by atoms with van der Waals surface area (Å²) in [6.45, 7) is 8.36. The molecule has 1 saturated heterocycles. The van der Waals surface area contributed by atoms with Gasteiger partial charge in [0.25, 0.3) is 0 Å². The molecule has 1 aromatic carbocycles. The van der Waals surface area contributed by atoms with E-state index in [9.17, 15) is 5.11 Å². The van der Waals surface area contributed by atoms with Crippen molar-refractivity contribution in [3.8, 4) is 5.75 Å². The van der Waals surface area contributed by atoms with Crippen LogP contribution >= 0.6 is 0 Å². The van der Waals surface area contributed by atoms with Crippen LogP contribution in [0.15, 0.2) is 18.2 Å². The van der Waals surface area contributed by atoms with E-state index in [0.717, 1.165) is 37.5 Å². The molecule has 1 fully saturated rings. The number of nitrogens with zero attached hydrogens (tertiary/aromatic N) is 1. The number of rotatable bonds is 5. The Morgan fingerprint density at radius 2 is 2.00 bits per heavy atom. The lowest BCUT2D eigenvalue weighted by Gasteiger charge is -2.35. The molecule has 2 rings (SSSR count). The molecule has 0 aromatic heterocycles. The van der Waals surface area contributed by atoms with E-state index in [1.807, 2.05) is 6.07 Å². The van der Waals surface area contributed by atoms with Gasteiger partial charge in [-0.25, -0.2) is 0 Å². The third kappa shape index (κ3) is 3.32. The van der Waals surface area contributed by atoms with Crippen LogP contribution in [0.1, 0.15) is 36.9 Å². The molecular weight excluding hydrogens is 252 g/mol. The Bertz CT molecular complexity index is 428. The van der Waals surface area contributed by atoms with Crippen LogP contribution in [0.2, 0.25) is 0 Å². The van der Waals surface area contributed by atoms with Gasteiger partial charge in [0.1, 0.15) is 5.75 Å². The Labute approximate surface area is 121 Å². The second-order valence-corrected chi connectivity index (χ2v) is 5.64. The molecule has 0 unspecified atom stereocenters. The SMILES string of the molecule is COc1ccc(C(C)C)cc1[C@@H](CO)N1CCNCC1. The van der Waals surface area contributed by atoms with E-state index in [4.69, 9.17) is 4.74 Å². The van der Waals surface area contributed by atoms with Gasteiger partial charge in [0, 0.05) is 31.7 Å². The third-order valence-electron chi connectivity index (χ3n) is 4.04. The van der Waals surface area contributed by atoms with Gasteiger partial charge in [-0.05, 0) is 17.5 Å². The number of aliphatic hydroxyl groups is 1. The minimum absolute atomic E-state index is 0.0192.